The molecule has 2 amide bonds. The smallest absolute Gasteiger partial charge is 0.260 e. The predicted molar refractivity (Wildman–Crippen MR) is 114 cm³/mol. The molecule has 0 unspecified atom stereocenters. The molecule has 1 fully saturated rings. The van der Waals surface area contributed by atoms with Crippen LogP contribution in [0.5, 0.6) is 5.75 Å². The van der Waals surface area contributed by atoms with E-state index in [9.17, 15) is 9.59 Å². The number of ether oxygens (including phenoxy) is 1. The largest absolute Gasteiger partial charge is 0.484 e. The molecule has 1 saturated heterocycles. The van der Waals surface area contributed by atoms with Gasteiger partial charge in [0.05, 0.1) is 0 Å². The summed E-state index contributed by atoms with van der Waals surface area (Å²) in [6.45, 7) is 3.20. The minimum absolute atomic E-state index is 0.0268. The molecule has 1 atom stereocenters. The molecule has 0 radical (unpaired) electrons. The third-order valence-corrected chi connectivity index (χ3v) is 5.42. The van der Waals surface area contributed by atoms with E-state index in [0.717, 1.165) is 12.0 Å². The molecule has 2 aromatic carbocycles. The van der Waals surface area contributed by atoms with Crippen LogP contribution in [0.2, 0.25) is 5.02 Å². The van der Waals surface area contributed by atoms with Crippen LogP contribution in [0.4, 0.5) is 0 Å². The molecule has 1 aliphatic heterocycles. The van der Waals surface area contributed by atoms with Gasteiger partial charge in [-0.2, -0.15) is 0 Å². The van der Waals surface area contributed by atoms with E-state index in [4.69, 9.17) is 16.3 Å². The summed E-state index contributed by atoms with van der Waals surface area (Å²) in [5, 5.41) is 3.81. The van der Waals surface area contributed by atoms with Crippen LogP contribution in [0.15, 0.2) is 54.6 Å². The van der Waals surface area contributed by atoms with Crippen LogP contribution in [0, 0.1) is 5.92 Å². The van der Waals surface area contributed by atoms with Crippen molar-refractivity contribution in [3.8, 4) is 5.75 Å². The number of nitrogens with one attached hydrogen (secondary N) is 1. The van der Waals surface area contributed by atoms with Crippen LogP contribution < -0.4 is 10.1 Å². The molecule has 0 saturated carbocycles. The quantitative estimate of drug-likeness (QED) is 0.751. The number of likely N-dealkylation sites (tertiary alicyclic amines) is 1. The maximum atomic E-state index is 12.6. The fraction of sp³-hybridized carbons (Fsp3) is 0.391. The summed E-state index contributed by atoms with van der Waals surface area (Å²) in [5.41, 5.74) is 1.14. The number of halogens is 1. The molecule has 0 bridgehead atoms. The molecule has 5 nitrogen and oxygen atoms in total. The van der Waals surface area contributed by atoms with Crippen LogP contribution in [-0.4, -0.2) is 42.5 Å². The van der Waals surface area contributed by atoms with Gasteiger partial charge >= 0.3 is 0 Å². The van der Waals surface area contributed by atoms with Gasteiger partial charge in [-0.15, -0.1) is 0 Å². The Morgan fingerprint density at radius 2 is 1.76 bits per heavy atom. The predicted octanol–water partition coefficient (Wildman–Crippen LogP) is 3.70. The van der Waals surface area contributed by atoms with Gasteiger partial charge in [-0.1, -0.05) is 41.9 Å². The second kappa shape index (κ2) is 10.3. The molecule has 154 valence electrons. The van der Waals surface area contributed by atoms with Gasteiger partial charge in [0.25, 0.3) is 5.91 Å². The Bertz CT molecular complexity index is 803. The maximum Gasteiger partial charge on any atom is 0.260 e. The first-order valence-corrected chi connectivity index (χ1v) is 10.4. The van der Waals surface area contributed by atoms with Crippen molar-refractivity contribution in [2.45, 2.75) is 32.2 Å². The Morgan fingerprint density at radius 3 is 2.41 bits per heavy atom. The van der Waals surface area contributed by atoms with Crippen LogP contribution in [0.25, 0.3) is 0 Å². The molecule has 1 aliphatic rings. The summed E-state index contributed by atoms with van der Waals surface area (Å²) in [5.74, 6) is 0.662. The van der Waals surface area contributed by atoms with Crippen molar-refractivity contribution in [2.24, 2.45) is 5.92 Å². The molecular weight excluding hydrogens is 388 g/mol. The van der Waals surface area contributed by atoms with Gasteiger partial charge in [-0.3, -0.25) is 9.59 Å². The molecule has 0 aromatic heterocycles. The maximum absolute atomic E-state index is 12.6. The lowest BCUT2D eigenvalue weighted by Crippen LogP contribution is -2.46. The van der Waals surface area contributed by atoms with Gasteiger partial charge in [0.1, 0.15) is 5.75 Å². The number of carbonyl (C=O) groups is 2. The van der Waals surface area contributed by atoms with Crippen molar-refractivity contribution in [2.75, 3.05) is 19.7 Å². The zero-order valence-corrected chi connectivity index (χ0v) is 17.4. The SMILES string of the molecule is C[C@H](Cc1ccc(Cl)cc1)NC(=O)C1CCN(C(=O)COc2ccccc2)CC1. The Hall–Kier alpha value is -2.53. The van der Waals surface area contributed by atoms with Crippen molar-refractivity contribution < 1.29 is 14.3 Å². The molecule has 1 heterocycles. The van der Waals surface area contributed by atoms with Crippen LogP contribution in [0.3, 0.4) is 0 Å². The molecule has 0 aliphatic carbocycles. The highest BCUT2D eigenvalue weighted by atomic mass is 35.5. The van der Waals surface area contributed by atoms with Crippen molar-refractivity contribution >= 4 is 23.4 Å². The van der Waals surface area contributed by atoms with Crippen molar-refractivity contribution in [1.29, 1.82) is 0 Å². The van der Waals surface area contributed by atoms with Crippen LogP contribution in [-0.2, 0) is 16.0 Å². The minimum Gasteiger partial charge on any atom is -0.484 e. The number of rotatable bonds is 7. The highest BCUT2D eigenvalue weighted by Crippen LogP contribution is 2.19. The van der Waals surface area contributed by atoms with Gasteiger partial charge in [-0.25, -0.2) is 0 Å². The normalized spacial score (nSPS) is 15.6. The van der Waals surface area contributed by atoms with Gasteiger partial charge in [0.15, 0.2) is 6.61 Å². The van der Waals surface area contributed by atoms with Gasteiger partial charge in [0.2, 0.25) is 5.91 Å². The van der Waals surface area contributed by atoms with Gasteiger partial charge in [-0.05, 0) is 56.0 Å². The molecular formula is C23H27ClN2O3. The van der Waals surface area contributed by atoms with Crippen molar-refractivity contribution in [1.82, 2.24) is 10.2 Å². The second-order valence-corrected chi connectivity index (χ2v) is 7.93. The Labute approximate surface area is 177 Å². The Morgan fingerprint density at radius 1 is 1.10 bits per heavy atom. The first-order chi connectivity index (χ1) is 14.0. The molecule has 0 spiro atoms. The zero-order valence-electron chi connectivity index (χ0n) is 16.6. The number of nitrogens with zero attached hydrogens (tertiary/aromatic N) is 1. The molecule has 1 N–H and O–H groups in total. The fourth-order valence-electron chi connectivity index (χ4n) is 3.53. The van der Waals surface area contributed by atoms with E-state index in [-0.39, 0.29) is 30.4 Å². The first kappa shape index (κ1) is 21.2. The lowest BCUT2D eigenvalue weighted by Gasteiger charge is -2.32. The molecule has 3 rings (SSSR count). The van der Waals surface area contributed by atoms with E-state index >= 15 is 0 Å². The van der Waals surface area contributed by atoms with E-state index in [2.05, 4.69) is 5.32 Å². The molecule has 2 aromatic rings. The monoisotopic (exact) mass is 414 g/mol. The summed E-state index contributed by atoms with van der Waals surface area (Å²) < 4.78 is 5.53. The third kappa shape index (κ3) is 6.50. The number of amides is 2. The van der Waals surface area contributed by atoms with Crippen molar-refractivity contribution in [3.63, 3.8) is 0 Å². The fourth-order valence-corrected chi connectivity index (χ4v) is 3.66. The van der Waals surface area contributed by atoms with Gasteiger partial charge < -0.3 is 15.0 Å². The highest BCUT2D eigenvalue weighted by Gasteiger charge is 2.28. The molecule has 6 heteroatoms. The van der Waals surface area contributed by atoms with E-state index < -0.39 is 0 Å². The van der Waals surface area contributed by atoms with Crippen molar-refractivity contribution in [3.05, 3.63) is 65.2 Å². The average Bonchev–Trinajstić information content (AvgIpc) is 2.74. The summed E-state index contributed by atoms with van der Waals surface area (Å²) in [4.78, 5) is 26.7. The Kier molecular flexibility index (Phi) is 7.53. The highest BCUT2D eigenvalue weighted by molar-refractivity contribution is 6.30. The standard InChI is InChI=1S/C23H27ClN2O3/c1-17(15-18-7-9-20(24)10-8-18)25-23(28)19-11-13-26(14-12-19)22(27)16-29-21-5-3-2-4-6-21/h2-10,17,19H,11-16H2,1H3,(H,25,28)/t17-/m1/s1. The summed E-state index contributed by atoms with van der Waals surface area (Å²) in [6.07, 6.45) is 2.12. The first-order valence-electron chi connectivity index (χ1n) is 10.0. The lowest BCUT2D eigenvalue weighted by atomic mass is 9.95. The number of carbonyl (C=O) groups excluding carboxylic acids is 2. The second-order valence-electron chi connectivity index (χ2n) is 7.50. The third-order valence-electron chi connectivity index (χ3n) is 5.17. The Balaban J connectivity index is 1.39. The van der Waals surface area contributed by atoms with E-state index in [1.54, 1.807) is 4.90 Å². The summed E-state index contributed by atoms with van der Waals surface area (Å²) in [7, 11) is 0. The van der Waals surface area contributed by atoms with Crippen LogP contribution >= 0.6 is 11.6 Å². The van der Waals surface area contributed by atoms with Gasteiger partial charge in [0, 0.05) is 30.1 Å². The average molecular weight is 415 g/mol. The van der Waals surface area contributed by atoms with E-state index in [0.29, 0.717) is 36.7 Å². The lowest BCUT2D eigenvalue weighted by molar-refractivity contribution is -0.137. The topological polar surface area (TPSA) is 58.6 Å². The number of piperidine rings is 1. The molecule has 29 heavy (non-hydrogen) atoms. The van der Waals surface area contributed by atoms with E-state index in [1.807, 2.05) is 61.5 Å². The van der Waals surface area contributed by atoms with Crippen LogP contribution in [0.1, 0.15) is 25.3 Å². The summed E-state index contributed by atoms with van der Waals surface area (Å²) >= 11 is 5.91. The zero-order chi connectivity index (χ0) is 20.6. The number of benzene rings is 2. The number of hydrogen-bond acceptors (Lipinski definition) is 3. The number of para-hydroxylation sites is 1. The summed E-state index contributed by atoms with van der Waals surface area (Å²) in [6, 6.07) is 17.0. The van der Waals surface area contributed by atoms with E-state index in [1.165, 1.54) is 0 Å². The number of hydrogen-bond donors (Lipinski definition) is 1. The minimum atomic E-state index is -0.0539.